The number of methoxy groups -OCH3 is 1. The van der Waals surface area contributed by atoms with Crippen molar-refractivity contribution in [2.75, 3.05) is 13.7 Å². The molecule has 0 amide bonds. The van der Waals surface area contributed by atoms with Crippen LogP contribution in [0.15, 0.2) is 30.3 Å². The molecule has 1 aromatic heterocycles. The van der Waals surface area contributed by atoms with Crippen LogP contribution in [0, 0.1) is 0 Å². The fraction of sp³-hybridized carbons (Fsp3) is 0.375. The van der Waals surface area contributed by atoms with Crippen molar-refractivity contribution in [3.63, 3.8) is 0 Å². The van der Waals surface area contributed by atoms with Crippen LogP contribution >= 0.6 is 0 Å². The maximum absolute atomic E-state index is 5.41. The van der Waals surface area contributed by atoms with Crippen molar-refractivity contribution in [1.82, 2.24) is 15.3 Å². The predicted molar refractivity (Wildman–Crippen MR) is 77.8 cm³/mol. The molecule has 0 saturated carbocycles. The molecule has 0 saturated heterocycles. The molecule has 0 atom stereocenters. The van der Waals surface area contributed by atoms with E-state index in [-0.39, 0.29) is 0 Å². The van der Waals surface area contributed by atoms with Gasteiger partial charge in [0, 0.05) is 31.5 Å². The van der Waals surface area contributed by atoms with Gasteiger partial charge in [-0.2, -0.15) is 4.98 Å². The Balaban J connectivity index is 1.79. The molecule has 0 radical (unpaired) electrons. The van der Waals surface area contributed by atoms with Crippen molar-refractivity contribution in [3.8, 4) is 5.88 Å². The molecule has 0 bridgehead atoms. The van der Waals surface area contributed by atoms with Gasteiger partial charge in [0.2, 0.25) is 5.88 Å². The van der Waals surface area contributed by atoms with Gasteiger partial charge in [0.25, 0.3) is 0 Å². The van der Waals surface area contributed by atoms with Crippen LogP contribution in [0.5, 0.6) is 5.88 Å². The summed E-state index contributed by atoms with van der Waals surface area (Å²) in [5, 5.41) is 3.33. The van der Waals surface area contributed by atoms with Gasteiger partial charge in [0.1, 0.15) is 5.82 Å². The molecule has 0 spiro atoms. The normalized spacial score (nSPS) is 13.8. The highest BCUT2D eigenvalue weighted by Gasteiger charge is 2.17. The largest absolute Gasteiger partial charge is 0.481 e. The Labute approximate surface area is 119 Å². The third-order valence-electron chi connectivity index (χ3n) is 3.61. The minimum atomic E-state index is 0.727. The van der Waals surface area contributed by atoms with Crippen LogP contribution in [-0.2, 0) is 25.8 Å². The summed E-state index contributed by atoms with van der Waals surface area (Å²) in [4.78, 5) is 9.25. The highest BCUT2D eigenvalue weighted by Crippen LogP contribution is 2.22. The van der Waals surface area contributed by atoms with Crippen LogP contribution in [0.25, 0.3) is 0 Å². The molecule has 3 rings (SSSR count). The Kier molecular flexibility index (Phi) is 3.92. The second kappa shape index (κ2) is 6.01. The fourth-order valence-electron chi connectivity index (χ4n) is 2.54. The Morgan fingerprint density at radius 1 is 1.15 bits per heavy atom. The Morgan fingerprint density at radius 3 is 2.80 bits per heavy atom. The van der Waals surface area contributed by atoms with Crippen molar-refractivity contribution in [3.05, 3.63) is 53.0 Å². The summed E-state index contributed by atoms with van der Waals surface area (Å²) < 4.78 is 5.41. The molecular formula is C16H19N3O. The number of aryl methyl sites for hydroxylation is 2. The molecule has 1 aliphatic heterocycles. The van der Waals surface area contributed by atoms with E-state index in [9.17, 15) is 0 Å². The Bertz CT molecular complexity index is 567. The smallest absolute Gasteiger partial charge is 0.221 e. The number of nitrogens with one attached hydrogen (secondary N) is 1. The van der Waals surface area contributed by atoms with E-state index in [0.29, 0.717) is 0 Å². The van der Waals surface area contributed by atoms with Gasteiger partial charge in [0.15, 0.2) is 0 Å². The number of ether oxygens (including phenoxy) is 1. The predicted octanol–water partition coefficient (Wildman–Crippen LogP) is 1.92. The van der Waals surface area contributed by atoms with Gasteiger partial charge in [-0.3, -0.25) is 0 Å². The van der Waals surface area contributed by atoms with Gasteiger partial charge in [-0.15, -0.1) is 0 Å². The first-order chi connectivity index (χ1) is 9.86. The number of hydrogen-bond donors (Lipinski definition) is 1. The van der Waals surface area contributed by atoms with E-state index < -0.39 is 0 Å². The molecular weight excluding hydrogens is 250 g/mol. The lowest BCUT2D eigenvalue weighted by atomic mass is 10.1. The van der Waals surface area contributed by atoms with E-state index in [0.717, 1.165) is 55.3 Å². The summed E-state index contributed by atoms with van der Waals surface area (Å²) in [5.74, 6) is 1.61. The molecule has 0 unspecified atom stereocenters. The maximum atomic E-state index is 5.41. The van der Waals surface area contributed by atoms with Crippen LogP contribution in [-0.4, -0.2) is 23.6 Å². The molecule has 0 fully saturated rings. The molecule has 0 aliphatic carbocycles. The lowest BCUT2D eigenvalue weighted by Gasteiger charge is -2.19. The third kappa shape index (κ3) is 2.80. The summed E-state index contributed by atoms with van der Waals surface area (Å²) >= 11 is 0. The molecule has 1 aliphatic rings. The third-order valence-corrected chi connectivity index (χ3v) is 3.61. The van der Waals surface area contributed by atoms with Crippen molar-refractivity contribution >= 4 is 0 Å². The topological polar surface area (TPSA) is 47.0 Å². The first kappa shape index (κ1) is 13.1. The van der Waals surface area contributed by atoms with E-state index in [1.165, 1.54) is 5.56 Å². The lowest BCUT2D eigenvalue weighted by molar-refractivity contribution is 0.382. The minimum Gasteiger partial charge on any atom is -0.481 e. The van der Waals surface area contributed by atoms with Crippen LogP contribution in [0.4, 0.5) is 0 Å². The summed E-state index contributed by atoms with van der Waals surface area (Å²) in [6, 6.07) is 10.4. The average molecular weight is 269 g/mol. The lowest BCUT2D eigenvalue weighted by Crippen LogP contribution is -2.26. The molecule has 4 nitrogen and oxygen atoms in total. The van der Waals surface area contributed by atoms with E-state index in [1.54, 1.807) is 7.11 Å². The van der Waals surface area contributed by atoms with Crippen LogP contribution in [0.3, 0.4) is 0 Å². The Hall–Kier alpha value is -1.94. The van der Waals surface area contributed by atoms with E-state index in [4.69, 9.17) is 9.72 Å². The van der Waals surface area contributed by atoms with Gasteiger partial charge >= 0.3 is 0 Å². The molecule has 1 N–H and O–H groups in total. The van der Waals surface area contributed by atoms with Crippen molar-refractivity contribution in [1.29, 1.82) is 0 Å². The number of rotatable bonds is 4. The van der Waals surface area contributed by atoms with Gasteiger partial charge in [-0.05, 0) is 12.0 Å². The quantitative estimate of drug-likeness (QED) is 0.921. The standard InChI is InChI=1S/C16H19N3O/c1-20-16-13-11-17-10-9-14(13)18-15(19-16)8-7-12-5-3-2-4-6-12/h2-6,17H,7-11H2,1H3. The number of hydrogen-bond acceptors (Lipinski definition) is 4. The molecule has 2 heterocycles. The first-order valence-electron chi connectivity index (χ1n) is 7.04. The highest BCUT2D eigenvalue weighted by molar-refractivity contribution is 5.33. The molecule has 104 valence electrons. The number of benzene rings is 1. The fourth-order valence-corrected chi connectivity index (χ4v) is 2.54. The monoisotopic (exact) mass is 269 g/mol. The number of fused-ring (bicyclic) bond motifs is 1. The van der Waals surface area contributed by atoms with Crippen LogP contribution in [0.1, 0.15) is 22.6 Å². The van der Waals surface area contributed by atoms with E-state index in [1.807, 2.05) is 6.07 Å². The van der Waals surface area contributed by atoms with Crippen molar-refractivity contribution in [2.45, 2.75) is 25.8 Å². The summed E-state index contributed by atoms with van der Waals surface area (Å²) in [5.41, 5.74) is 3.57. The summed E-state index contributed by atoms with van der Waals surface area (Å²) in [6.45, 7) is 1.78. The summed E-state index contributed by atoms with van der Waals surface area (Å²) in [6.07, 6.45) is 2.76. The highest BCUT2D eigenvalue weighted by atomic mass is 16.5. The summed E-state index contributed by atoms with van der Waals surface area (Å²) in [7, 11) is 1.68. The second-order valence-electron chi connectivity index (χ2n) is 4.99. The van der Waals surface area contributed by atoms with Crippen LogP contribution in [0.2, 0.25) is 0 Å². The zero-order chi connectivity index (χ0) is 13.8. The van der Waals surface area contributed by atoms with E-state index in [2.05, 4.69) is 34.6 Å². The van der Waals surface area contributed by atoms with Gasteiger partial charge in [0.05, 0.1) is 12.8 Å². The Morgan fingerprint density at radius 2 is 2.00 bits per heavy atom. The zero-order valence-corrected chi connectivity index (χ0v) is 11.7. The molecule has 4 heteroatoms. The zero-order valence-electron chi connectivity index (χ0n) is 11.7. The van der Waals surface area contributed by atoms with Gasteiger partial charge in [-0.1, -0.05) is 30.3 Å². The number of nitrogens with zero attached hydrogens (tertiary/aromatic N) is 2. The number of aromatic nitrogens is 2. The molecule has 2 aromatic rings. The first-order valence-corrected chi connectivity index (χ1v) is 7.04. The van der Waals surface area contributed by atoms with Gasteiger partial charge in [-0.25, -0.2) is 4.98 Å². The minimum absolute atomic E-state index is 0.727. The maximum Gasteiger partial charge on any atom is 0.221 e. The average Bonchev–Trinajstić information content (AvgIpc) is 2.53. The van der Waals surface area contributed by atoms with Crippen molar-refractivity contribution < 1.29 is 4.74 Å². The molecule has 20 heavy (non-hydrogen) atoms. The SMILES string of the molecule is COc1nc(CCc2ccccc2)nc2c1CNCC2. The van der Waals surface area contributed by atoms with Crippen molar-refractivity contribution in [2.24, 2.45) is 0 Å². The van der Waals surface area contributed by atoms with Gasteiger partial charge < -0.3 is 10.1 Å². The molecule has 1 aromatic carbocycles. The van der Waals surface area contributed by atoms with Crippen LogP contribution < -0.4 is 10.1 Å². The van der Waals surface area contributed by atoms with E-state index >= 15 is 0 Å². The second-order valence-corrected chi connectivity index (χ2v) is 4.99.